The molecule has 2 rings (SSSR count). The van der Waals surface area contributed by atoms with E-state index in [0.29, 0.717) is 16.7 Å². The Bertz CT molecular complexity index is 512. The van der Waals surface area contributed by atoms with Crippen molar-refractivity contribution < 1.29 is 9.18 Å². The van der Waals surface area contributed by atoms with Crippen LogP contribution in [0.15, 0.2) is 29.1 Å². The first-order chi connectivity index (χ1) is 7.20. The van der Waals surface area contributed by atoms with E-state index in [1.54, 1.807) is 12.3 Å². The van der Waals surface area contributed by atoms with Crippen molar-refractivity contribution in [3.05, 3.63) is 40.5 Å². The van der Waals surface area contributed by atoms with Gasteiger partial charge in [0.1, 0.15) is 4.60 Å². The molecule has 0 radical (unpaired) electrons. The minimum absolute atomic E-state index is 0.0355. The average molecular weight is 270 g/mol. The van der Waals surface area contributed by atoms with Crippen LogP contribution in [-0.2, 0) is 0 Å². The van der Waals surface area contributed by atoms with Crippen LogP contribution in [-0.4, -0.2) is 21.1 Å². The van der Waals surface area contributed by atoms with Gasteiger partial charge in [-0.05, 0) is 28.1 Å². The molecule has 0 aliphatic heterocycles. The lowest BCUT2D eigenvalue weighted by Gasteiger charge is -2.00. The number of hydrogen-bond donors (Lipinski definition) is 0. The quantitative estimate of drug-likeness (QED) is 0.784. The zero-order chi connectivity index (χ0) is 10.8. The van der Waals surface area contributed by atoms with E-state index in [1.165, 1.54) is 10.7 Å². The van der Waals surface area contributed by atoms with Gasteiger partial charge in [0.05, 0.1) is 11.8 Å². The number of rotatable bonds is 2. The standard InChI is InChI=1S/C9H5BrFN3O/c10-8-1-2-14(13-8)9-3-6(5-15)7(11)4-12-9/h1-5H. The molecule has 0 aromatic carbocycles. The van der Waals surface area contributed by atoms with Crippen molar-refractivity contribution >= 4 is 22.2 Å². The molecule has 76 valence electrons. The van der Waals surface area contributed by atoms with Gasteiger partial charge in [0.2, 0.25) is 0 Å². The Hall–Kier alpha value is -1.56. The molecule has 2 aromatic heterocycles. The van der Waals surface area contributed by atoms with E-state index in [4.69, 9.17) is 0 Å². The molecule has 0 N–H and O–H groups in total. The van der Waals surface area contributed by atoms with E-state index in [1.807, 2.05) is 0 Å². The highest BCUT2D eigenvalue weighted by atomic mass is 79.9. The first-order valence-corrected chi connectivity index (χ1v) is 4.82. The van der Waals surface area contributed by atoms with Gasteiger partial charge in [0.15, 0.2) is 17.9 Å². The maximum absolute atomic E-state index is 13.0. The maximum atomic E-state index is 13.0. The Morgan fingerprint density at radius 1 is 1.53 bits per heavy atom. The number of aromatic nitrogens is 3. The second kappa shape index (κ2) is 3.90. The minimum Gasteiger partial charge on any atom is -0.298 e. The van der Waals surface area contributed by atoms with Crippen molar-refractivity contribution in [1.29, 1.82) is 0 Å². The molecule has 0 amide bonds. The Labute approximate surface area is 92.9 Å². The Morgan fingerprint density at radius 3 is 2.93 bits per heavy atom. The van der Waals surface area contributed by atoms with Crippen molar-refractivity contribution in [1.82, 2.24) is 14.8 Å². The molecule has 0 saturated carbocycles. The fourth-order valence-electron chi connectivity index (χ4n) is 1.09. The smallest absolute Gasteiger partial charge is 0.154 e. The number of halogens is 2. The summed E-state index contributed by atoms with van der Waals surface area (Å²) in [5.41, 5.74) is -0.0355. The Balaban J connectivity index is 2.50. The van der Waals surface area contributed by atoms with Gasteiger partial charge in [-0.3, -0.25) is 4.79 Å². The highest BCUT2D eigenvalue weighted by Crippen LogP contribution is 2.11. The summed E-state index contributed by atoms with van der Waals surface area (Å²) in [4.78, 5) is 14.3. The third-order valence-electron chi connectivity index (χ3n) is 1.79. The van der Waals surface area contributed by atoms with Crippen molar-refractivity contribution in [3.8, 4) is 5.82 Å². The summed E-state index contributed by atoms with van der Waals surface area (Å²) in [7, 11) is 0. The van der Waals surface area contributed by atoms with Gasteiger partial charge in [0, 0.05) is 6.20 Å². The molecular formula is C9H5BrFN3O. The Kier molecular flexibility index (Phi) is 2.59. The monoisotopic (exact) mass is 269 g/mol. The van der Waals surface area contributed by atoms with Crippen LogP contribution in [0.4, 0.5) is 4.39 Å². The summed E-state index contributed by atoms with van der Waals surface area (Å²) >= 11 is 3.18. The van der Waals surface area contributed by atoms with E-state index < -0.39 is 5.82 Å². The van der Waals surface area contributed by atoms with Crippen molar-refractivity contribution in [2.45, 2.75) is 0 Å². The molecule has 2 aromatic rings. The third kappa shape index (κ3) is 1.94. The molecule has 0 aliphatic carbocycles. The number of pyridine rings is 1. The molecule has 0 fully saturated rings. The SMILES string of the molecule is O=Cc1cc(-n2ccc(Br)n2)ncc1F. The summed E-state index contributed by atoms with van der Waals surface area (Å²) in [5.74, 6) is -0.246. The van der Waals surface area contributed by atoms with E-state index in [9.17, 15) is 9.18 Å². The van der Waals surface area contributed by atoms with Gasteiger partial charge in [-0.1, -0.05) is 0 Å². The van der Waals surface area contributed by atoms with Crippen molar-refractivity contribution in [2.24, 2.45) is 0 Å². The van der Waals surface area contributed by atoms with E-state index in [-0.39, 0.29) is 5.56 Å². The van der Waals surface area contributed by atoms with Crippen LogP contribution in [0.3, 0.4) is 0 Å². The molecular weight excluding hydrogens is 265 g/mol. The minimum atomic E-state index is -0.639. The highest BCUT2D eigenvalue weighted by molar-refractivity contribution is 9.10. The summed E-state index contributed by atoms with van der Waals surface area (Å²) in [5, 5.41) is 4.02. The van der Waals surface area contributed by atoms with Crippen molar-refractivity contribution in [2.75, 3.05) is 0 Å². The van der Waals surface area contributed by atoms with Crippen LogP contribution >= 0.6 is 15.9 Å². The summed E-state index contributed by atoms with van der Waals surface area (Å²) in [6.45, 7) is 0. The largest absolute Gasteiger partial charge is 0.298 e. The fourth-order valence-corrected chi connectivity index (χ4v) is 1.38. The van der Waals surface area contributed by atoms with Gasteiger partial charge >= 0.3 is 0 Å². The lowest BCUT2D eigenvalue weighted by atomic mass is 10.3. The summed E-state index contributed by atoms with van der Waals surface area (Å²) < 4.78 is 15.0. The van der Waals surface area contributed by atoms with Crippen LogP contribution in [0.2, 0.25) is 0 Å². The molecule has 4 nitrogen and oxygen atoms in total. The number of aldehydes is 1. The molecule has 0 aliphatic rings. The van der Waals surface area contributed by atoms with Crippen LogP contribution in [0.5, 0.6) is 0 Å². The number of nitrogens with zero attached hydrogens (tertiary/aromatic N) is 3. The van der Waals surface area contributed by atoms with Gasteiger partial charge in [-0.2, -0.15) is 5.10 Å². The molecule has 0 spiro atoms. The highest BCUT2D eigenvalue weighted by Gasteiger charge is 2.06. The van der Waals surface area contributed by atoms with Gasteiger partial charge < -0.3 is 0 Å². The van der Waals surface area contributed by atoms with Crippen LogP contribution in [0.1, 0.15) is 10.4 Å². The molecule has 0 atom stereocenters. The Morgan fingerprint density at radius 2 is 2.33 bits per heavy atom. The molecule has 0 bridgehead atoms. The molecule has 2 heterocycles. The lowest BCUT2D eigenvalue weighted by Crippen LogP contribution is -2.01. The topological polar surface area (TPSA) is 47.8 Å². The van der Waals surface area contributed by atoms with Gasteiger partial charge in [0.25, 0.3) is 0 Å². The average Bonchev–Trinajstić information content (AvgIpc) is 2.66. The number of carbonyl (C=O) groups is 1. The van der Waals surface area contributed by atoms with E-state index in [2.05, 4.69) is 26.0 Å². The van der Waals surface area contributed by atoms with Crippen LogP contribution in [0, 0.1) is 5.82 Å². The van der Waals surface area contributed by atoms with Crippen LogP contribution < -0.4 is 0 Å². The molecule has 6 heteroatoms. The maximum Gasteiger partial charge on any atom is 0.154 e. The van der Waals surface area contributed by atoms with Gasteiger partial charge in [-0.25, -0.2) is 14.1 Å². The fraction of sp³-hybridized carbons (Fsp3) is 0. The normalized spacial score (nSPS) is 10.3. The van der Waals surface area contributed by atoms with Crippen molar-refractivity contribution in [3.63, 3.8) is 0 Å². The predicted molar refractivity (Wildman–Crippen MR) is 54.4 cm³/mol. The summed E-state index contributed by atoms with van der Waals surface area (Å²) in [6.07, 6.45) is 3.09. The van der Waals surface area contributed by atoms with Crippen LogP contribution in [0.25, 0.3) is 5.82 Å². The zero-order valence-corrected chi connectivity index (χ0v) is 8.98. The predicted octanol–water partition coefficient (Wildman–Crippen LogP) is 1.98. The number of carbonyl (C=O) groups excluding carboxylic acids is 1. The second-order valence-corrected chi connectivity index (χ2v) is 3.58. The van der Waals surface area contributed by atoms with E-state index in [0.717, 1.165) is 6.20 Å². The molecule has 0 saturated heterocycles. The first-order valence-electron chi connectivity index (χ1n) is 4.03. The van der Waals surface area contributed by atoms with Gasteiger partial charge in [-0.15, -0.1) is 0 Å². The molecule has 0 unspecified atom stereocenters. The first kappa shape index (κ1) is 9.97. The zero-order valence-electron chi connectivity index (χ0n) is 7.39. The van der Waals surface area contributed by atoms with E-state index >= 15 is 0 Å². The summed E-state index contributed by atoms with van der Waals surface area (Å²) in [6, 6.07) is 3.05. The second-order valence-electron chi connectivity index (χ2n) is 2.76. The molecule has 15 heavy (non-hydrogen) atoms. The lowest BCUT2D eigenvalue weighted by molar-refractivity contribution is 0.111. The number of hydrogen-bond acceptors (Lipinski definition) is 3. The third-order valence-corrected chi connectivity index (χ3v) is 2.21.